The monoisotopic (exact) mass is 788 g/mol. The van der Waals surface area contributed by atoms with E-state index < -0.39 is 36.1 Å². The normalized spacial score (nSPS) is 16.5. The molecule has 4 aromatic carbocycles. The smallest absolute Gasteiger partial charge is 0.409 e. The van der Waals surface area contributed by atoms with Gasteiger partial charge in [0.05, 0.1) is 24.2 Å². The summed E-state index contributed by atoms with van der Waals surface area (Å²) < 4.78 is 0. The Hall–Kier alpha value is -6.70. The maximum absolute atomic E-state index is 13.9. The second-order valence-electron chi connectivity index (χ2n) is 14.7. The molecule has 302 valence electrons. The van der Waals surface area contributed by atoms with Crippen molar-refractivity contribution >= 4 is 58.6 Å². The molecule has 2 atom stereocenters. The first kappa shape index (κ1) is 40.9. The van der Waals surface area contributed by atoms with Crippen molar-refractivity contribution < 1.29 is 39.0 Å². The summed E-state index contributed by atoms with van der Waals surface area (Å²) in [6.45, 7) is 4.26. The van der Waals surface area contributed by atoms with Crippen LogP contribution in [0.25, 0.3) is 11.1 Å². The number of nitrogens with one attached hydrogen (secondary N) is 4. The second-order valence-corrected chi connectivity index (χ2v) is 14.7. The predicted octanol–water partition coefficient (Wildman–Crippen LogP) is 7.27. The van der Waals surface area contributed by atoms with Gasteiger partial charge in [-0.05, 0) is 92.8 Å². The molecule has 0 radical (unpaired) electrons. The molecular formula is C44H48N6O8. The van der Waals surface area contributed by atoms with Gasteiger partial charge in [0, 0.05) is 35.6 Å². The number of piperidine rings is 2. The van der Waals surface area contributed by atoms with Gasteiger partial charge in [0.15, 0.2) is 0 Å². The lowest BCUT2D eigenvalue weighted by Gasteiger charge is -2.35. The molecule has 2 aliphatic rings. The molecule has 6 rings (SSSR count). The number of nitrogens with zero attached hydrogens (tertiary/aromatic N) is 2. The fraction of sp³-hybridized carbons (Fsp3) is 0.318. The summed E-state index contributed by atoms with van der Waals surface area (Å²) in [7, 11) is 0. The number of hydrogen-bond donors (Lipinski definition) is 6. The number of benzene rings is 4. The van der Waals surface area contributed by atoms with Crippen molar-refractivity contribution in [3.8, 4) is 11.1 Å². The van der Waals surface area contributed by atoms with Crippen LogP contribution < -0.4 is 21.3 Å². The Bertz CT molecular complexity index is 2200. The minimum Gasteiger partial charge on any atom is -0.465 e. The van der Waals surface area contributed by atoms with Crippen molar-refractivity contribution in [1.82, 2.24) is 9.80 Å². The molecule has 0 spiro atoms. The van der Waals surface area contributed by atoms with Gasteiger partial charge in [-0.15, -0.1) is 0 Å². The van der Waals surface area contributed by atoms with Crippen LogP contribution in [0.15, 0.2) is 84.9 Å². The number of carboxylic acid groups (broad SMARTS) is 2. The second kappa shape index (κ2) is 18.5. The van der Waals surface area contributed by atoms with Gasteiger partial charge in [0.25, 0.3) is 0 Å². The van der Waals surface area contributed by atoms with Gasteiger partial charge < -0.3 is 30.6 Å². The van der Waals surface area contributed by atoms with Gasteiger partial charge in [-0.1, -0.05) is 66.7 Å². The molecule has 6 N–H and O–H groups in total. The maximum Gasteiger partial charge on any atom is 0.409 e. The van der Waals surface area contributed by atoms with Crippen LogP contribution in [-0.4, -0.2) is 81.0 Å². The van der Waals surface area contributed by atoms with E-state index >= 15 is 0 Å². The third-order valence-electron chi connectivity index (χ3n) is 10.7. The molecule has 2 heterocycles. The summed E-state index contributed by atoms with van der Waals surface area (Å²) in [5.74, 6) is -1.12. The average molecular weight is 789 g/mol. The Balaban J connectivity index is 1.26. The van der Waals surface area contributed by atoms with Crippen LogP contribution in [-0.2, 0) is 32.0 Å². The Morgan fingerprint density at radius 2 is 1.10 bits per heavy atom. The largest absolute Gasteiger partial charge is 0.465 e. The van der Waals surface area contributed by atoms with E-state index in [9.17, 15) is 39.0 Å². The van der Waals surface area contributed by atoms with E-state index in [0.29, 0.717) is 53.9 Å². The summed E-state index contributed by atoms with van der Waals surface area (Å²) >= 11 is 0. The summed E-state index contributed by atoms with van der Waals surface area (Å²) in [6.07, 6.45) is 1.55. The number of hydrogen-bond acceptors (Lipinski definition) is 6. The SMILES string of the molecule is Cc1cc(-c2ccc(NC(=O)C3CCCCN3C(=O)Cc3ccccc3)cc2NC(=O)O)c(NC(=O)O)c(C)c1NC(=O)[C@@H]1CCCCN1C(=O)Cc1ccccc1. The molecule has 1 unspecified atom stereocenters. The highest BCUT2D eigenvalue weighted by molar-refractivity contribution is 6.05. The minimum atomic E-state index is -1.39. The highest BCUT2D eigenvalue weighted by Gasteiger charge is 2.34. The van der Waals surface area contributed by atoms with Crippen LogP contribution in [0.2, 0.25) is 0 Å². The van der Waals surface area contributed by atoms with Gasteiger partial charge in [-0.2, -0.15) is 0 Å². The summed E-state index contributed by atoms with van der Waals surface area (Å²) in [4.78, 5) is 81.8. The van der Waals surface area contributed by atoms with Crippen molar-refractivity contribution in [1.29, 1.82) is 0 Å². The van der Waals surface area contributed by atoms with Gasteiger partial charge in [-0.3, -0.25) is 29.8 Å². The fourth-order valence-corrected chi connectivity index (χ4v) is 7.91. The van der Waals surface area contributed by atoms with E-state index in [1.165, 1.54) is 6.07 Å². The highest BCUT2D eigenvalue weighted by Crippen LogP contribution is 2.42. The lowest BCUT2D eigenvalue weighted by molar-refractivity contribution is -0.139. The number of likely N-dealkylation sites (tertiary alicyclic amines) is 2. The molecule has 0 aromatic heterocycles. The average Bonchev–Trinajstić information content (AvgIpc) is 3.21. The van der Waals surface area contributed by atoms with E-state index in [2.05, 4.69) is 21.3 Å². The standard InChI is InChI=1S/C44H48N6O8/c1-27-23-33(40(48-44(57)58)28(2)39(27)47-42(54)36-18-10-12-22-50(36)38(52)25-30-15-7-4-8-16-30)32-20-19-31(26-34(32)46-43(55)56)45-41(53)35-17-9-11-21-49(35)37(51)24-29-13-5-3-6-14-29/h3-8,13-16,19-20,23,26,35-36,46,48H,9-12,17-18,21-22,24-25H2,1-2H3,(H,45,53)(H,47,54)(H,55,56)(H,57,58)/t35?,36-/m0/s1. The van der Waals surface area contributed by atoms with Crippen molar-refractivity contribution in [2.75, 3.05) is 34.4 Å². The van der Waals surface area contributed by atoms with Crippen molar-refractivity contribution in [2.45, 2.75) is 77.3 Å². The van der Waals surface area contributed by atoms with Gasteiger partial charge in [0.2, 0.25) is 23.6 Å². The molecular weight excluding hydrogens is 741 g/mol. The first-order chi connectivity index (χ1) is 27.9. The zero-order valence-corrected chi connectivity index (χ0v) is 32.5. The Kier molecular flexibility index (Phi) is 13.1. The van der Waals surface area contributed by atoms with E-state index in [1.54, 1.807) is 41.8 Å². The molecule has 14 heteroatoms. The van der Waals surface area contributed by atoms with Crippen LogP contribution in [0.3, 0.4) is 0 Å². The Morgan fingerprint density at radius 3 is 1.62 bits per heavy atom. The van der Waals surface area contributed by atoms with Crippen molar-refractivity contribution in [3.63, 3.8) is 0 Å². The number of rotatable bonds is 11. The fourth-order valence-electron chi connectivity index (χ4n) is 7.91. The summed E-state index contributed by atoms with van der Waals surface area (Å²) in [6, 6.07) is 23.4. The van der Waals surface area contributed by atoms with E-state index in [0.717, 1.165) is 36.8 Å². The highest BCUT2D eigenvalue weighted by atomic mass is 16.4. The first-order valence-electron chi connectivity index (χ1n) is 19.5. The van der Waals surface area contributed by atoms with Crippen LogP contribution in [0.1, 0.15) is 60.8 Å². The van der Waals surface area contributed by atoms with Crippen molar-refractivity contribution in [2.24, 2.45) is 0 Å². The molecule has 14 nitrogen and oxygen atoms in total. The van der Waals surface area contributed by atoms with Gasteiger partial charge in [-0.25, -0.2) is 9.59 Å². The maximum atomic E-state index is 13.9. The van der Waals surface area contributed by atoms with Crippen LogP contribution in [0.4, 0.5) is 32.3 Å². The van der Waals surface area contributed by atoms with E-state index in [-0.39, 0.29) is 41.7 Å². The molecule has 2 aliphatic heterocycles. The number of anilines is 4. The molecule has 2 fully saturated rings. The lowest BCUT2D eigenvalue weighted by atomic mass is 9.93. The van der Waals surface area contributed by atoms with E-state index in [4.69, 9.17) is 0 Å². The number of aryl methyl sites for hydroxylation is 1. The lowest BCUT2D eigenvalue weighted by Crippen LogP contribution is -2.50. The van der Waals surface area contributed by atoms with Gasteiger partial charge >= 0.3 is 12.2 Å². The zero-order valence-electron chi connectivity index (χ0n) is 32.5. The molecule has 4 aromatic rings. The molecule has 0 aliphatic carbocycles. The van der Waals surface area contributed by atoms with Crippen LogP contribution in [0.5, 0.6) is 0 Å². The van der Waals surface area contributed by atoms with Crippen LogP contribution in [0, 0.1) is 13.8 Å². The minimum absolute atomic E-state index is 0.0600. The third-order valence-corrected chi connectivity index (χ3v) is 10.7. The third kappa shape index (κ3) is 9.81. The molecule has 58 heavy (non-hydrogen) atoms. The molecule has 0 bridgehead atoms. The van der Waals surface area contributed by atoms with Crippen LogP contribution >= 0.6 is 0 Å². The molecule has 0 saturated carbocycles. The predicted molar refractivity (Wildman–Crippen MR) is 221 cm³/mol. The Morgan fingerprint density at radius 1 is 0.586 bits per heavy atom. The quantitative estimate of drug-likeness (QED) is 0.0912. The first-order valence-corrected chi connectivity index (χ1v) is 19.5. The number of carbonyl (C=O) groups excluding carboxylic acids is 4. The summed E-state index contributed by atoms with van der Waals surface area (Å²) in [5.41, 5.74) is 4.03. The molecule has 6 amide bonds. The van der Waals surface area contributed by atoms with E-state index in [1.807, 2.05) is 60.7 Å². The number of carbonyl (C=O) groups is 6. The van der Waals surface area contributed by atoms with Gasteiger partial charge in [0.1, 0.15) is 12.1 Å². The number of amides is 6. The molecule has 2 saturated heterocycles. The van der Waals surface area contributed by atoms with Crippen molar-refractivity contribution in [3.05, 3.63) is 107 Å². The Labute approximate surface area is 336 Å². The zero-order chi connectivity index (χ0) is 41.3. The topological polar surface area (TPSA) is 197 Å². The summed E-state index contributed by atoms with van der Waals surface area (Å²) in [5, 5.41) is 30.4.